The van der Waals surface area contributed by atoms with Crippen LogP contribution in [0.1, 0.15) is 112 Å². The molecule has 0 heterocycles. The van der Waals surface area contributed by atoms with Crippen LogP contribution in [0, 0.1) is 0 Å². The zero-order chi connectivity index (χ0) is 13.8. The van der Waals surface area contributed by atoms with Crippen molar-refractivity contribution in [1.82, 2.24) is 0 Å². The van der Waals surface area contributed by atoms with Crippen LogP contribution in [0.3, 0.4) is 0 Å². The molecule has 108 valence electrons. The van der Waals surface area contributed by atoms with E-state index < -0.39 is 0 Å². The van der Waals surface area contributed by atoms with Crippen molar-refractivity contribution in [3.8, 4) is 0 Å². The molecule has 0 atom stereocenters. The summed E-state index contributed by atoms with van der Waals surface area (Å²) in [7, 11) is 0. The fourth-order valence-corrected chi connectivity index (χ4v) is 1.74. The van der Waals surface area contributed by atoms with E-state index >= 15 is 0 Å². The lowest BCUT2D eigenvalue weighted by Gasteiger charge is -2.05. The topological polar surface area (TPSA) is 0 Å². The lowest BCUT2D eigenvalue weighted by Crippen LogP contribution is -1.85. The van der Waals surface area contributed by atoms with Crippen LogP contribution in [-0.2, 0) is 0 Å². The van der Waals surface area contributed by atoms with Gasteiger partial charge in [0.25, 0.3) is 0 Å². The standard InChI is InChI=1S/C7H16.C6H12.2C2H6/c1-3-5-7-6-4-2;1-2-4-6-5-3-1;2*1-2/h3-7H2,1-2H3;1-6H2;2*1-2H3. The smallest absolute Gasteiger partial charge is 0.0533 e. The molecule has 1 saturated carbocycles. The minimum absolute atomic E-state index is 1.36. The summed E-state index contributed by atoms with van der Waals surface area (Å²) in [6, 6.07) is 0. The Balaban J connectivity index is -0.000000179. The summed E-state index contributed by atoms with van der Waals surface area (Å²) in [5, 5.41) is 0. The van der Waals surface area contributed by atoms with Gasteiger partial charge in [-0.05, 0) is 0 Å². The number of unbranched alkanes of at least 4 members (excludes halogenated alkanes) is 4. The quantitative estimate of drug-likeness (QED) is 0.453. The summed E-state index contributed by atoms with van der Waals surface area (Å²) < 4.78 is 0. The largest absolute Gasteiger partial charge is 0.0683 e. The molecular weight excluding hydrogens is 204 g/mol. The summed E-state index contributed by atoms with van der Waals surface area (Å²) >= 11 is 0. The van der Waals surface area contributed by atoms with Crippen LogP contribution in [0.2, 0.25) is 0 Å². The summed E-state index contributed by atoms with van der Waals surface area (Å²) in [6.45, 7) is 12.5. The third kappa shape index (κ3) is 31.4. The summed E-state index contributed by atoms with van der Waals surface area (Å²) in [4.78, 5) is 0. The molecule has 1 aliphatic carbocycles. The molecular formula is C17H40. The summed E-state index contributed by atoms with van der Waals surface area (Å²) in [6.07, 6.45) is 16.0. The van der Waals surface area contributed by atoms with Crippen molar-refractivity contribution in [2.45, 2.75) is 112 Å². The maximum Gasteiger partial charge on any atom is -0.0533 e. The van der Waals surface area contributed by atoms with Crippen LogP contribution in [-0.4, -0.2) is 0 Å². The highest BCUT2D eigenvalue weighted by molar-refractivity contribution is 4.51. The Morgan fingerprint density at radius 1 is 0.471 bits per heavy atom. The molecule has 0 aromatic heterocycles. The van der Waals surface area contributed by atoms with Crippen molar-refractivity contribution >= 4 is 0 Å². The molecule has 0 bridgehead atoms. The van der Waals surface area contributed by atoms with E-state index in [1.54, 1.807) is 0 Å². The van der Waals surface area contributed by atoms with Gasteiger partial charge in [0.2, 0.25) is 0 Å². The van der Waals surface area contributed by atoms with Gasteiger partial charge in [0, 0.05) is 0 Å². The van der Waals surface area contributed by atoms with E-state index in [-0.39, 0.29) is 0 Å². The molecule has 1 fully saturated rings. The first-order valence-corrected chi connectivity index (χ1v) is 8.41. The van der Waals surface area contributed by atoms with Crippen molar-refractivity contribution in [2.24, 2.45) is 0 Å². The lowest BCUT2D eigenvalue weighted by molar-refractivity contribution is 0.504. The molecule has 0 aliphatic heterocycles. The monoisotopic (exact) mass is 244 g/mol. The van der Waals surface area contributed by atoms with Gasteiger partial charge in [0.15, 0.2) is 0 Å². The van der Waals surface area contributed by atoms with Gasteiger partial charge < -0.3 is 0 Å². The van der Waals surface area contributed by atoms with Crippen LogP contribution in [0.4, 0.5) is 0 Å². The van der Waals surface area contributed by atoms with Crippen LogP contribution in [0.5, 0.6) is 0 Å². The normalized spacial score (nSPS) is 13.1. The first kappa shape index (κ1) is 22.2. The van der Waals surface area contributed by atoms with E-state index in [2.05, 4.69) is 13.8 Å². The molecule has 0 amide bonds. The zero-order valence-corrected chi connectivity index (χ0v) is 13.8. The van der Waals surface area contributed by atoms with E-state index in [1.807, 2.05) is 27.7 Å². The van der Waals surface area contributed by atoms with Gasteiger partial charge >= 0.3 is 0 Å². The Hall–Kier alpha value is 0. The third-order valence-electron chi connectivity index (χ3n) is 2.71. The van der Waals surface area contributed by atoms with E-state index in [1.165, 1.54) is 70.6 Å². The van der Waals surface area contributed by atoms with Crippen LogP contribution in [0.15, 0.2) is 0 Å². The van der Waals surface area contributed by atoms with Crippen LogP contribution in [0.25, 0.3) is 0 Å². The molecule has 17 heavy (non-hydrogen) atoms. The predicted octanol–water partition coefficient (Wildman–Crippen LogP) is 7.37. The highest BCUT2D eigenvalue weighted by atomic mass is 14.0. The number of rotatable bonds is 4. The van der Waals surface area contributed by atoms with Crippen molar-refractivity contribution < 1.29 is 0 Å². The van der Waals surface area contributed by atoms with Crippen molar-refractivity contribution in [2.75, 3.05) is 0 Å². The third-order valence-corrected chi connectivity index (χ3v) is 2.71. The van der Waals surface area contributed by atoms with Gasteiger partial charge in [-0.3, -0.25) is 0 Å². The predicted molar refractivity (Wildman–Crippen MR) is 84.8 cm³/mol. The highest BCUT2D eigenvalue weighted by Gasteiger charge is 1.95. The van der Waals surface area contributed by atoms with Gasteiger partial charge in [0.05, 0.1) is 0 Å². The summed E-state index contributed by atoms with van der Waals surface area (Å²) in [5.74, 6) is 0. The minimum Gasteiger partial charge on any atom is -0.0683 e. The van der Waals surface area contributed by atoms with Gasteiger partial charge in [0.1, 0.15) is 0 Å². The number of hydrogen-bond donors (Lipinski definition) is 0. The maximum atomic E-state index is 2.25. The Bertz CT molecular complexity index is 56.6. The Kier molecular flexibility index (Phi) is 38.9. The average Bonchev–Trinajstić information content (AvgIpc) is 2.46. The maximum absolute atomic E-state index is 2.25. The Morgan fingerprint density at radius 3 is 0.882 bits per heavy atom. The second-order valence-corrected chi connectivity index (χ2v) is 4.18. The van der Waals surface area contributed by atoms with Crippen LogP contribution < -0.4 is 0 Å². The Morgan fingerprint density at radius 2 is 0.706 bits per heavy atom. The van der Waals surface area contributed by atoms with E-state index in [9.17, 15) is 0 Å². The first-order chi connectivity index (χ1) is 8.41. The van der Waals surface area contributed by atoms with Crippen molar-refractivity contribution in [3.05, 3.63) is 0 Å². The van der Waals surface area contributed by atoms with Gasteiger partial charge in [-0.15, -0.1) is 0 Å². The van der Waals surface area contributed by atoms with Crippen LogP contribution >= 0.6 is 0 Å². The van der Waals surface area contributed by atoms with E-state index in [4.69, 9.17) is 0 Å². The molecule has 0 heteroatoms. The zero-order valence-electron chi connectivity index (χ0n) is 13.8. The molecule has 0 aromatic carbocycles. The average molecular weight is 245 g/mol. The fraction of sp³-hybridized carbons (Fsp3) is 1.00. The second kappa shape index (κ2) is 29.8. The van der Waals surface area contributed by atoms with E-state index in [0.717, 1.165) is 0 Å². The molecule has 1 rings (SSSR count). The van der Waals surface area contributed by atoms with Gasteiger partial charge in [-0.2, -0.15) is 0 Å². The fourth-order valence-electron chi connectivity index (χ4n) is 1.74. The molecule has 0 spiro atoms. The van der Waals surface area contributed by atoms with Crippen molar-refractivity contribution in [1.29, 1.82) is 0 Å². The number of hydrogen-bond acceptors (Lipinski definition) is 0. The molecule has 0 saturated heterocycles. The molecule has 0 N–H and O–H groups in total. The lowest BCUT2D eigenvalue weighted by atomic mass is 10.0. The molecule has 0 nitrogen and oxygen atoms in total. The van der Waals surface area contributed by atoms with Crippen molar-refractivity contribution in [3.63, 3.8) is 0 Å². The molecule has 1 aliphatic rings. The van der Waals surface area contributed by atoms with E-state index in [0.29, 0.717) is 0 Å². The highest BCUT2D eigenvalue weighted by Crippen LogP contribution is 2.15. The first-order valence-electron chi connectivity index (χ1n) is 8.41. The second-order valence-electron chi connectivity index (χ2n) is 4.18. The van der Waals surface area contributed by atoms with Gasteiger partial charge in [-0.1, -0.05) is 112 Å². The molecule has 0 radical (unpaired) electrons. The summed E-state index contributed by atoms with van der Waals surface area (Å²) in [5.41, 5.74) is 0. The van der Waals surface area contributed by atoms with Gasteiger partial charge in [-0.25, -0.2) is 0 Å². The molecule has 0 aromatic rings. The SMILES string of the molecule is C1CCCCC1.CC.CC.CCCCCCC. The molecule has 0 unspecified atom stereocenters. The Labute approximate surface area is 113 Å². The minimum atomic E-state index is 1.36.